The highest BCUT2D eigenvalue weighted by Crippen LogP contribution is 2.23. The third-order valence-corrected chi connectivity index (χ3v) is 4.28. The molecule has 1 N–H and O–H groups in total. The Hall–Kier alpha value is -1.79. The summed E-state index contributed by atoms with van der Waals surface area (Å²) in [5, 5.41) is 14.3. The smallest absolute Gasteiger partial charge is 0.272 e. The molecule has 20 heavy (non-hydrogen) atoms. The van der Waals surface area contributed by atoms with Crippen molar-refractivity contribution in [2.75, 3.05) is 0 Å². The standard InChI is InChI=1S/C14H17N3O2S/c1-9-4-5-12(6-13(9)17(18)19)10(2)15-7-14-11(3)16-8-20-14/h4-6,8,10,15H,7H2,1-3H3. The molecule has 0 radical (unpaired) electrons. The maximum Gasteiger partial charge on any atom is 0.272 e. The van der Waals surface area contributed by atoms with Gasteiger partial charge in [0.25, 0.3) is 5.69 Å². The number of aromatic nitrogens is 1. The van der Waals surface area contributed by atoms with Gasteiger partial charge in [-0.2, -0.15) is 0 Å². The van der Waals surface area contributed by atoms with E-state index in [4.69, 9.17) is 0 Å². The molecule has 0 spiro atoms. The summed E-state index contributed by atoms with van der Waals surface area (Å²) in [4.78, 5) is 16.0. The maximum absolute atomic E-state index is 11.0. The van der Waals surface area contributed by atoms with Crippen molar-refractivity contribution >= 4 is 17.0 Å². The highest BCUT2D eigenvalue weighted by atomic mass is 32.1. The first-order valence-corrected chi connectivity index (χ1v) is 7.24. The van der Waals surface area contributed by atoms with Gasteiger partial charge in [-0.3, -0.25) is 10.1 Å². The van der Waals surface area contributed by atoms with Crippen LogP contribution in [0, 0.1) is 24.0 Å². The molecule has 1 aromatic carbocycles. The van der Waals surface area contributed by atoms with Gasteiger partial charge >= 0.3 is 0 Å². The number of nitrogens with one attached hydrogen (secondary N) is 1. The molecular formula is C14H17N3O2S. The van der Waals surface area contributed by atoms with E-state index < -0.39 is 0 Å². The Morgan fingerprint density at radius 2 is 2.20 bits per heavy atom. The van der Waals surface area contributed by atoms with Gasteiger partial charge in [0.05, 0.1) is 16.1 Å². The zero-order valence-electron chi connectivity index (χ0n) is 11.7. The molecule has 1 heterocycles. The fourth-order valence-electron chi connectivity index (χ4n) is 1.95. The summed E-state index contributed by atoms with van der Waals surface area (Å²) in [7, 11) is 0. The first-order chi connectivity index (χ1) is 9.49. The van der Waals surface area contributed by atoms with Crippen molar-refractivity contribution in [3.63, 3.8) is 0 Å². The van der Waals surface area contributed by atoms with Crippen LogP contribution in [0.1, 0.15) is 34.7 Å². The molecule has 6 heteroatoms. The number of nitrogens with zero attached hydrogens (tertiary/aromatic N) is 2. The first kappa shape index (κ1) is 14.6. The van der Waals surface area contributed by atoms with Gasteiger partial charge in [0.2, 0.25) is 0 Å². The van der Waals surface area contributed by atoms with E-state index in [0.29, 0.717) is 5.56 Å². The first-order valence-electron chi connectivity index (χ1n) is 6.36. The third-order valence-electron chi connectivity index (χ3n) is 3.34. The summed E-state index contributed by atoms with van der Waals surface area (Å²) in [6.07, 6.45) is 0. The Labute approximate surface area is 121 Å². The van der Waals surface area contributed by atoms with Gasteiger partial charge in [0.1, 0.15) is 0 Å². The topological polar surface area (TPSA) is 68.1 Å². The molecular weight excluding hydrogens is 274 g/mol. The Kier molecular flexibility index (Phi) is 4.46. The van der Waals surface area contributed by atoms with Crippen LogP contribution < -0.4 is 5.32 Å². The SMILES string of the molecule is Cc1ccc(C(C)NCc2scnc2C)cc1[N+](=O)[O-]. The number of nitro groups is 1. The molecule has 0 saturated carbocycles. The second-order valence-corrected chi connectivity index (χ2v) is 5.71. The van der Waals surface area contributed by atoms with E-state index in [1.807, 2.05) is 25.4 Å². The van der Waals surface area contributed by atoms with E-state index in [1.165, 1.54) is 4.88 Å². The molecule has 106 valence electrons. The number of hydrogen-bond donors (Lipinski definition) is 1. The number of thiazole rings is 1. The Bertz CT molecular complexity index is 625. The van der Waals surface area contributed by atoms with Crippen LogP contribution >= 0.6 is 11.3 Å². The molecule has 0 amide bonds. The number of hydrogen-bond acceptors (Lipinski definition) is 5. The normalized spacial score (nSPS) is 12.3. The lowest BCUT2D eigenvalue weighted by Gasteiger charge is -2.14. The van der Waals surface area contributed by atoms with Gasteiger partial charge in [0, 0.05) is 29.1 Å². The highest BCUT2D eigenvalue weighted by molar-refractivity contribution is 7.09. The van der Waals surface area contributed by atoms with E-state index >= 15 is 0 Å². The van der Waals surface area contributed by atoms with Crippen LogP contribution in [0.2, 0.25) is 0 Å². The number of rotatable bonds is 5. The molecule has 0 fully saturated rings. The fourth-order valence-corrected chi connectivity index (χ4v) is 2.68. The van der Waals surface area contributed by atoms with Crippen LogP contribution in [0.15, 0.2) is 23.7 Å². The van der Waals surface area contributed by atoms with Crippen molar-refractivity contribution in [2.24, 2.45) is 0 Å². The summed E-state index contributed by atoms with van der Waals surface area (Å²) in [6, 6.07) is 5.42. The minimum absolute atomic E-state index is 0.0517. The summed E-state index contributed by atoms with van der Waals surface area (Å²) in [5.41, 5.74) is 4.64. The molecule has 2 rings (SSSR count). The molecule has 2 aromatic rings. The van der Waals surface area contributed by atoms with E-state index in [1.54, 1.807) is 30.4 Å². The zero-order valence-corrected chi connectivity index (χ0v) is 12.5. The van der Waals surface area contributed by atoms with E-state index in [2.05, 4.69) is 10.3 Å². The second kappa shape index (κ2) is 6.11. The van der Waals surface area contributed by atoms with Crippen molar-refractivity contribution in [3.8, 4) is 0 Å². The van der Waals surface area contributed by atoms with Gasteiger partial charge in [-0.1, -0.05) is 12.1 Å². The fraction of sp³-hybridized carbons (Fsp3) is 0.357. The van der Waals surface area contributed by atoms with Crippen LogP contribution in [0.25, 0.3) is 0 Å². The molecule has 1 unspecified atom stereocenters. The Balaban J connectivity index is 2.09. The quantitative estimate of drug-likeness (QED) is 0.676. The highest BCUT2D eigenvalue weighted by Gasteiger charge is 2.14. The second-order valence-electron chi connectivity index (χ2n) is 4.77. The summed E-state index contributed by atoms with van der Waals surface area (Å²) < 4.78 is 0. The van der Waals surface area contributed by atoms with Gasteiger partial charge in [0.15, 0.2) is 0 Å². The van der Waals surface area contributed by atoms with Crippen molar-refractivity contribution in [1.29, 1.82) is 0 Å². The van der Waals surface area contributed by atoms with Gasteiger partial charge < -0.3 is 5.32 Å². The minimum Gasteiger partial charge on any atom is -0.305 e. The van der Waals surface area contributed by atoms with Gasteiger partial charge in [-0.15, -0.1) is 11.3 Å². The number of aryl methyl sites for hydroxylation is 2. The lowest BCUT2D eigenvalue weighted by Crippen LogP contribution is -2.18. The minimum atomic E-state index is -0.334. The predicted octanol–water partition coefficient (Wildman–Crippen LogP) is 3.52. The largest absolute Gasteiger partial charge is 0.305 e. The average Bonchev–Trinajstić information content (AvgIpc) is 2.81. The monoisotopic (exact) mass is 291 g/mol. The molecule has 0 aliphatic rings. The van der Waals surface area contributed by atoms with Crippen LogP contribution in [0.4, 0.5) is 5.69 Å². The van der Waals surface area contributed by atoms with Gasteiger partial charge in [-0.25, -0.2) is 4.98 Å². The number of benzene rings is 1. The Morgan fingerprint density at radius 3 is 2.80 bits per heavy atom. The molecule has 0 bridgehead atoms. The van der Waals surface area contributed by atoms with Gasteiger partial charge in [-0.05, 0) is 26.3 Å². The molecule has 0 aliphatic carbocycles. The molecule has 0 saturated heterocycles. The van der Waals surface area contributed by atoms with Crippen LogP contribution in [-0.2, 0) is 6.54 Å². The lowest BCUT2D eigenvalue weighted by atomic mass is 10.0. The molecule has 0 aliphatic heterocycles. The Morgan fingerprint density at radius 1 is 1.45 bits per heavy atom. The molecule has 1 atom stereocenters. The van der Waals surface area contributed by atoms with E-state index in [-0.39, 0.29) is 16.7 Å². The van der Waals surface area contributed by atoms with Crippen LogP contribution in [-0.4, -0.2) is 9.91 Å². The summed E-state index contributed by atoms with van der Waals surface area (Å²) in [6.45, 7) is 6.46. The van der Waals surface area contributed by atoms with Crippen molar-refractivity contribution in [1.82, 2.24) is 10.3 Å². The average molecular weight is 291 g/mol. The third kappa shape index (κ3) is 3.20. The van der Waals surface area contributed by atoms with Crippen LogP contribution in [0.5, 0.6) is 0 Å². The predicted molar refractivity (Wildman–Crippen MR) is 79.9 cm³/mol. The van der Waals surface area contributed by atoms with Crippen molar-refractivity contribution < 1.29 is 4.92 Å². The van der Waals surface area contributed by atoms with Crippen molar-refractivity contribution in [2.45, 2.75) is 33.4 Å². The number of nitro benzene ring substituents is 1. The van der Waals surface area contributed by atoms with Crippen molar-refractivity contribution in [3.05, 3.63) is 55.5 Å². The molecule has 1 aromatic heterocycles. The molecule has 5 nitrogen and oxygen atoms in total. The van der Waals surface area contributed by atoms with E-state index in [0.717, 1.165) is 17.8 Å². The maximum atomic E-state index is 11.0. The van der Waals surface area contributed by atoms with E-state index in [9.17, 15) is 10.1 Å². The lowest BCUT2D eigenvalue weighted by molar-refractivity contribution is -0.385. The summed E-state index contributed by atoms with van der Waals surface area (Å²) in [5.74, 6) is 0. The van der Waals surface area contributed by atoms with Crippen LogP contribution in [0.3, 0.4) is 0 Å². The summed E-state index contributed by atoms with van der Waals surface area (Å²) >= 11 is 1.62. The zero-order chi connectivity index (χ0) is 14.7.